The zero-order valence-electron chi connectivity index (χ0n) is 15.9. The first kappa shape index (κ1) is 20.3. The number of halogens is 1. The first-order chi connectivity index (χ1) is 14.2. The summed E-state index contributed by atoms with van der Waals surface area (Å²) in [6.07, 6.45) is 0. The van der Waals surface area contributed by atoms with Gasteiger partial charge in [0.15, 0.2) is 0 Å². The lowest BCUT2D eigenvalue weighted by Crippen LogP contribution is -2.12. The van der Waals surface area contributed by atoms with E-state index in [1.54, 1.807) is 24.3 Å². The Morgan fingerprint density at radius 1 is 0.833 bits per heavy atom. The van der Waals surface area contributed by atoms with Gasteiger partial charge in [-0.05, 0) is 66.2 Å². The van der Waals surface area contributed by atoms with Gasteiger partial charge in [0.2, 0.25) is 0 Å². The monoisotopic (exact) mass is 483 g/mol. The third-order valence-corrected chi connectivity index (χ3v) is 6.70. The number of benzene rings is 4. The molecule has 4 aromatic rings. The summed E-state index contributed by atoms with van der Waals surface area (Å²) < 4.78 is 28.8. The van der Waals surface area contributed by atoms with Crippen LogP contribution in [0.3, 0.4) is 0 Å². The van der Waals surface area contributed by atoms with Crippen molar-refractivity contribution in [2.24, 2.45) is 0 Å². The van der Waals surface area contributed by atoms with E-state index in [9.17, 15) is 18.6 Å². The number of aryl methyl sites for hydroxylation is 1. The molecule has 0 heterocycles. The summed E-state index contributed by atoms with van der Waals surface area (Å²) in [4.78, 5) is 0.139. The fourth-order valence-corrected chi connectivity index (χ4v) is 4.71. The van der Waals surface area contributed by atoms with E-state index in [2.05, 4.69) is 20.7 Å². The minimum absolute atomic E-state index is 0.0190. The van der Waals surface area contributed by atoms with Gasteiger partial charge < -0.3 is 10.2 Å². The molecule has 0 bridgehead atoms. The van der Waals surface area contributed by atoms with Gasteiger partial charge in [-0.1, -0.05) is 45.8 Å². The molecule has 0 aliphatic heterocycles. The number of anilines is 1. The van der Waals surface area contributed by atoms with Crippen LogP contribution in [0.15, 0.2) is 82.2 Å². The fraction of sp³-hybridized carbons (Fsp3) is 0.0435. The minimum atomic E-state index is -3.80. The third kappa shape index (κ3) is 3.86. The molecule has 0 atom stereocenters. The average molecular weight is 484 g/mol. The Morgan fingerprint density at radius 2 is 1.50 bits per heavy atom. The molecule has 0 spiro atoms. The Kier molecular flexibility index (Phi) is 5.17. The molecule has 0 amide bonds. The normalized spacial score (nSPS) is 11.5. The highest BCUT2D eigenvalue weighted by Crippen LogP contribution is 2.42. The molecule has 0 unspecified atom stereocenters. The van der Waals surface area contributed by atoms with Crippen LogP contribution in [0, 0.1) is 6.92 Å². The van der Waals surface area contributed by atoms with Crippen LogP contribution in [0.1, 0.15) is 5.56 Å². The topological polar surface area (TPSA) is 86.6 Å². The predicted molar refractivity (Wildman–Crippen MR) is 122 cm³/mol. The summed E-state index contributed by atoms with van der Waals surface area (Å²) >= 11 is 3.43. The average Bonchev–Trinajstić information content (AvgIpc) is 2.70. The van der Waals surface area contributed by atoms with Crippen molar-refractivity contribution in [3.05, 3.63) is 82.8 Å². The molecule has 152 valence electrons. The highest BCUT2D eigenvalue weighted by molar-refractivity contribution is 9.10. The van der Waals surface area contributed by atoms with Gasteiger partial charge in [0, 0.05) is 21.3 Å². The summed E-state index contributed by atoms with van der Waals surface area (Å²) in [6.45, 7) is 1.88. The van der Waals surface area contributed by atoms with Crippen LogP contribution in [0.4, 0.5) is 5.69 Å². The molecule has 0 saturated heterocycles. The van der Waals surface area contributed by atoms with Gasteiger partial charge in [-0.3, -0.25) is 4.72 Å². The molecule has 4 aromatic carbocycles. The lowest BCUT2D eigenvalue weighted by atomic mass is 9.96. The van der Waals surface area contributed by atoms with Gasteiger partial charge in [-0.15, -0.1) is 0 Å². The van der Waals surface area contributed by atoms with Crippen LogP contribution >= 0.6 is 15.9 Å². The maximum Gasteiger partial charge on any atom is 0.261 e. The lowest BCUT2D eigenvalue weighted by Gasteiger charge is -2.14. The van der Waals surface area contributed by atoms with Crippen molar-refractivity contribution in [1.29, 1.82) is 0 Å². The van der Waals surface area contributed by atoms with E-state index in [1.807, 2.05) is 25.1 Å². The summed E-state index contributed by atoms with van der Waals surface area (Å²) in [7, 11) is -3.80. The molecule has 0 aromatic heterocycles. The van der Waals surface area contributed by atoms with Gasteiger partial charge >= 0.3 is 0 Å². The quantitative estimate of drug-likeness (QED) is 0.320. The third-order valence-electron chi connectivity index (χ3n) is 4.81. The van der Waals surface area contributed by atoms with Gasteiger partial charge in [0.25, 0.3) is 10.0 Å². The second-order valence-electron chi connectivity index (χ2n) is 6.98. The maximum atomic E-state index is 12.7. The molecule has 0 aliphatic rings. The van der Waals surface area contributed by atoms with E-state index in [0.717, 1.165) is 20.8 Å². The van der Waals surface area contributed by atoms with Crippen LogP contribution in [0.25, 0.3) is 21.9 Å². The van der Waals surface area contributed by atoms with Crippen molar-refractivity contribution in [1.82, 2.24) is 0 Å². The van der Waals surface area contributed by atoms with Crippen LogP contribution in [0.2, 0.25) is 0 Å². The number of fused-ring (bicyclic) bond motifs is 1. The Bertz CT molecular complexity index is 1360. The Balaban J connectivity index is 1.82. The number of aromatic hydroxyl groups is 2. The summed E-state index contributed by atoms with van der Waals surface area (Å²) in [5.41, 5.74) is 1.97. The Hall–Kier alpha value is -3.03. The van der Waals surface area contributed by atoms with Crippen LogP contribution in [-0.4, -0.2) is 18.6 Å². The zero-order valence-corrected chi connectivity index (χ0v) is 18.3. The molecule has 5 nitrogen and oxygen atoms in total. The molecule has 0 radical (unpaired) electrons. The van der Waals surface area contributed by atoms with E-state index >= 15 is 0 Å². The van der Waals surface area contributed by atoms with Crippen molar-refractivity contribution < 1.29 is 18.6 Å². The predicted octanol–water partition coefficient (Wildman–Crippen LogP) is 5.79. The molecule has 30 heavy (non-hydrogen) atoms. The molecule has 0 fully saturated rings. The van der Waals surface area contributed by atoms with Crippen LogP contribution in [0.5, 0.6) is 11.5 Å². The summed E-state index contributed by atoms with van der Waals surface area (Å²) in [5, 5.41) is 22.6. The lowest BCUT2D eigenvalue weighted by molar-refractivity contribution is 0.470. The SMILES string of the molecule is Cc1ccc(S(=O)(=O)Nc2ccc(O)c(-c3c(O)ccc4ccc(Br)cc34)c2)cc1. The van der Waals surface area contributed by atoms with E-state index in [0.29, 0.717) is 11.1 Å². The largest absolute Gasteiger partial charge is 0.507 e. The van der Waals surface area contributed by atoms with Crippen LogP contribution < -0.4 is 4.72 Å². The zero-order chi connectivity index (χ0) is 21.5. The fourth-order valence-electron chi connectivity index (χ4n) is 3.29. The van der Waals surface area contributed by atoms with Crippen molar-refractivity contribution in [3.63, 3.8) is 0 Å². The second kappa shape index (κ2) is 7.66. The Morgan fingerprint density at radius 3 is 2.23 bits per heavy atom. The van der Waals surface area contributed by atoms with E-state index in [-0.39, 0.29) is 22.1 Å². The van der Waals surface area contributed by atoms with Gasteiger partial charge in [-0.25, -0.2) is 8.42 Å². The van der Waals surface area contributed by atoms with Crippen molar-refractivity contribution >= 4 is 42.4 Å². The van der Waals surface area contributed by atoms with E-state index in [4.69, 9.17) is 0 Å². The van der Waals surface area contributed by atoms with Crippen molar-refractivity contribution in [3.8, 4) is 22.6 Å². The molecule has 4 rings (SSSR count). The highest BCUT2D eigenvalue weighted by atomic mass is 79.9. The van der Waals surface area contributed by atoms with E-state index in [1.165, 1.54) is 30.3 Å². The Labute approximate surface area is 182 Å². The highest BCUT2D eigenvalue weighted by Gasteiger charge is 2.18. The first-order valence-corrected chi connectivity index (χ1v) is 11.4. The smallest absolute Gasteiger partial charge is 0.261 e. The van der Waals surface area contributed by atoms with Gasteiger partial charge in [0.05, 0.1) is 4.90 Å². The van der Waals surface area contributed by atoms with Crippen LogP contribution in [-0.2, 0) is 10.0 Å². The van der Waals surface area contributed by atoms with Gasteiger partial charge in [0.1, 0.15) is 11.5 Å². The summed E-state index contributed by atoms with van der Waals surface area (Å²) in [6, 6.07) is 19.9. The number of hydrogen-bond acceptors (Lipinski definition) is 4. The molecule has 0 aliphatic carbocycles. The van der Waals surface area contributed by atoms with Gasteiger partial charge in [-0.2, -0.15) is 0 Å². The minimum Gasteiger partial charge on any atom is -0.507 e. The van der Waals surface area contributed by atoms with Crippen molar-refractivity contribution in [2.75, 3.05) is 4.72 Å². The number of sulfonamides is 1. The van der Waals surface area contributed by atoms with E-state index < -0.39 is 10.0 Å². The molecular formula is C23H18BrNO4S. The number of phenolic OH excluding ortho intramolecular Hbond substituents is 2. The number of hydrogen-bond donors (Lipinski definition) is 3. The molecular weight excluding hydrogens is 466 g/mol. The molecule has 0 saturated carbocycles. The number of phenols is 2. The maximum absolute atomic E-state index is 12.7. The first-order valence-electron chi connectivity index (χ1n) is 9.09. The number of rotatable bonds is 4. The standard InChI is InChI=1S/C23H18BrNO4S/c1-14-2-8-18(9-3-14)30(28,29)25-17-7-11-21(26)20(13-17)23-19-12-16(24)6-4-15(19)5-10-22(23)27/h2-13,25-27H,1H3. The second-order valence-corrected chi connectivity index (χ2v) is 9.57. The number of nitrogens with one attached hydrogen (secondary N) is 1. The molecule has 7 heteroatoms. The molecule has 3 N–H and O–H groups in total. The summed E-state index contributed by atoms with van der Waals surface area (Å²) in [5.74, 6) is -0.0921. The van der Waals surface area contributed by atoms with Crippen molar-refractivity contribution in [2.45, 2.75) is 11.8 Å².